The zero-order chi connectivity index (χ0) is 24.3. The molecule has 1 N–H and O–H groups in total. The number of esters is 1. The van der Waals surface area contributed by atoms with Crippen LogP contribution < -0.4 is 5.32 Å². The largest absolute Gasteiger partial charge is 0.456 e. The Morgan fingerprint density at radius 1 is 1.18 bits per heavy atom. The van der Waals surface area contributed by atoms with Gasteiger partial charge in [0.1, 0.15) is 28.5 Å². The molecule has 9 nitrogen and oxygen atoms in total. The standard InChI is InChI=1S/C22H23ClFN5O4/c1-12(15-8-14(24)10-26-18(15)23)32-21(31)28-19-16(11-27-29(19)5)17-7-6-13(9-25-17)20(30)33-22(2,3)4/h6-12H,1-5H3,(H,28,31)/t12-/m1/s1. The normalized spacial score (nSPS) is 12.2. The van der Waals surface area contributed by atoms with Crippen LogP contribution in [-0.4, -0.2) is 37.4 Å². The average molecular weight is 476 g/mol. The van der Waals surface area contributed by atoms with Gasteiger partial charge in [-0.05, 0) is 45.9 Å². The summed E-state index contributed by atoms with van der Waals surface area (Å²) in [4.78, 5) is 32.7. The molecule has 0 unspecified atom stereocenters. The van der Waals surface area contributed by atoms with Crippen molar-refractivity contribution in [3.05, 3.63) is 58.9 Å². The van der Waals surface area contributed by atoms with Gasteiger partial charge in [-0.2, -0.15) is 5.10 Å². The number of anilines is 1. The fourth-order valence-corrected chi connectivity index (χ4v) is 3.11. The maximum absolute atomic E-state index is 13.5. The number of hydrogen-bond acceptors (Lipinski definition) is 7. The van der Waals surface area contributed by atoms with E-state index in [9.17, 15) is 14.0 Å². The van der Waals surface area contributed by atoms with Gasteiger partial charge >= 0.3 is 12.1 Å². The summed E-state index contributed by atoms with van der Waals surface area (Å²) in [5, 5.41) is 6.79. The van der Waals surface area contributed by atoms with E-state index in [0.29, 0.717) is 22.6 Å². The molecule has 0 aliphatic rings. The molecule has 11 heteroatoms. The van der Waals surface area contributed by atoms with Crippen molar-refractivity contribution in [2.75, 3.05) is 5.32 Å². The molecule has 0 spiro atoms. The van der Waals surface area contributed by atoms with Crippen molar-refractivity contribution in [1.82, 2.24) is 19.7 Å². The third-order valence-electron chi connectivity index (χ3n) is 4.39. The quantitative estimate of drug-likeness (QED) is 0.411. The van der Waals surface area contributed by atoms with Crippen molar-refractivity contribution in [1.29, 1.82) is 0 Å². The number of pyridine rings is 2. The zero-order valence-corrected chi connectivity index (χ0v) is 19.5. The number of hydrogen-bond donors (Lipinski definition) is 1. The highest BCUT2D eigenvalue weighted by Gasteiger charge is 2.21. The molecule has 0 aromatic carbocycles. The van der Waals surface area contributed by atoms with E-state index in [-0.39, 0.29) is 10.7 Å². The van der Waals surface area contributed by atoms with Crippen LogP contribution >= 0.6 is 11.6 Å². The molecular formula is C22H23ClFN5O4. The van der Waals surface area contributed by atoms with Crippen molar-refractivity contribution < 1.29 is 23.5 Å². The van der Waals surface area contributed by atoms with Crippen molar-refractivity contribution in [2.24, 2.45) is 7.05 Å². The Labute approximate surface area is 194 Å². The Balaban J connectivity index is 1.75. The summed E-state index contributed by atoms with van der Waals surface area (Å²) < 4.78 is 25.6. The topological polar surface area (TPSA) is 108 Å². The second-order valence-corrected chi connectivity index (χ2v) is 8.53. The van der Waals surface area contributed by atoms with Crippen LogP contribution in [0.1, 0.15) is 49.7 Å². The van der Waals surface area contributed by atoms with Gasteiger partial charge in [-0.25, -0.2) is 19.0 Å². The Kier molecular flexibility index (Phi) is 6.97. The van der Waals surface area contributed by atoms with Gasteiger partial charge < -0.3 is 9.47 Å². The first-order valence-corrected chi connectivity index (χ1v) is 10.3. The van der Waals surface area contributed by atoms with E-state index in [1.54, 1.807) is 46.9 Å². The minimum atomic E-state index is -0.858. The number of halogens is 2. The molecule has 0 radical (unpaired) electrons. The van der Waals surface area contributed by atoms with Gasteiger partial charge in [-0.15, -0.1) is 0 Å². The lowest BCUT2D eigenvalue weighted by molar-refractivity contribution is 0.00690. The molecule has 1 amide bonds. The minimum absolute atomic E-state index is 0.0344. The fraction of sp³-hybridized carbons (Fsp3) is 0.318. The summed E-state index contributed by atoms with van der Waals surface area (Å²) in [6, 6.07) is 4.35. The molecule has 3 rings (SSSR count). The molecule has 1 atom stereocenters. The predicted molar refractivity (Wildman–Crippen MR) is 119 cm³/mol. The Hall–Kier alpha value is -3.53. The summed E-state index contributed by atoms with van der Waals surface area (Å²) >= 11 is 5.97. The third-order valence-corrected chi connectivity index (χ3v) is 4.70. The lowest BCUT2D eigenvalue weighted by Crippen LogP contribution is -2.23. The second kappa shape index (κ2) is 9.53. The SMILES string of the molecule is C[C@@H](OC(=O)Nc1c(-c2ccc(C(=O)OC(C)(C)C)cn2)cnn1C)c1cc(F)cnc1Cl. The smallest absolute Gasteiger partial charge is 0.413 e. The Bertz CT molecular complexity index is 1170. The molecule has 0 saturated heterocycles. The van der Waals surface area contributed by atoms with Crippen LogP contribution in [0.25, 0.3) is 11.3 Å². The van der Waals surface area contributed by atoms with E-state index in [2.05, 4.69) is 20.4 Å². The van der Waals surface area contributed by atoms with E-state index in [4.69, 9.17) is 21.1 Å². The fourth-order valence-electron chi connectivity index (χ4n) is 2.86. The maximum atomic E-state index is 13.5. The minimum Gasteiger partial charge on any atom is -0.456 e. The Morgan fingerprint density at radius 2 is 1.91 bits per heavy atom. The van der Waals surface area contributed by atoms with Crippen LogP contribution in [0, 0.1) is 5.82 Å². The first-order chi connectivity index (χ1) is 15.4. The van der Waals surface area contributed by atoms with Gasteiger partial charge in [0.2, 0.25) is 0 Å². The van der Waals surface area contributed by atoms with E-state index >= 15 is 0 Å². The van der Waals surface area contributed by atoms with Gasteiger partial charge in [0.25, 0.3) is 0 Å². The van der Waals surface area contributed by atoms with Crippen LogP contribution in [0.15, 0.2) is 36.8 Å². The van der Waals surface area contributed by atoms with E-state index < -0.39 is 29.6 Å². The average Bonchev–Trinajstić information content (AvgIpc) is 3.08. The summed E-state index contributed by atoms with van der Waals surface area (Å²) in [5.41, 5.74) is 0.872. The molecule has 33 heavy (non-hydrogen) atoms. The van der Waals surface area contributed by atoms with Gasteiger partial charge in [0, 0.05) is 18.8 Å². The first-order valence-electron chi connectivity index (χ1n) is 9.95. The Morgan fingerprint density at radius 3 is 2.55 bits per heavy atom. The van der Waals surface area contributed by atoms with Crippen molar-refractivity contribution >= 4 is 29.5 Å². The number of carbonyl (C=O) groups is 2. The number of nitrogens with zero attached hydrogens (tertiary/aromatic N) is 4. The van der Waals surface area contributed by atoms with Crippen LogP contribution in [-0.2, 0) is 16.5 Å². The summed E-state index contributed by atoms with van der Waals surface area (Å²) in [5.74, 6) is -0.776. The lowest BCUT2D eigenvalue weighted by atomic mass is 10.1. The molecule has 0 saturated carbocycles. The molecule has 0 fully saturated rings. The van der Waals surface area contributed by atoms with Crippen LogP contribution in [0.4, 0.5) is 15.0 Å². The monoisotopic (exact) mass is 475 g/mol. The molecule has 0 bridgehead atoms. The lowest BCUT2D eigenvalue weighted by Gasteiger charge is -2.19. The van der Waals surface area contributed by atoms with Gasteiger partial charge in [-0.1, -0.05) is 11.6 Å². The molecule has 3 heterocycles. The van der Waals surface area contributed by atoms with E-state index in [0.717, 1.165) is 12.3 Å². The molecule has 3 aromatic heterocycles. The summed E-state index contributed by atoms with van der Waals surface area (Å²) in [6.07, 6.45) is 2.21. The van der Waals surface area contributed by atoms with Crippen LogP contribution in [0.2, 0.25) is 5.15 Å². The van der Waals surface area contributed by atoms with E-state index in [1.165, 1.54) is 17.1 Å². The highest BCUT2D eigenvalue weighted by Crippen LogP contribution is 2.28. The van der Waals surface area contributed by atoms with Crippen molar-refractivity contribution in [3.63, 3.8) is 0 Å². The van der Waals surface area contributed by atoms with Gasteiger partial charge in [-0.3, -0.25) is 15.0 Å². The van der Waals surface area contributed by atoms with Crippen LogP contribution in [0.5, 0.6) is 0 Å². The number of carbonyl (C=O) groups excluding carboxylic acids is 2. The summed E-state index contributed by atoms with van der Waals surface area (Å²) in [6.45, 7) is 6.87. The summed E-state index contributed by atoms with van der Waals surface area (Å²) in [7, 11) is 1.63. The number of ether oxygens (including phenoxy) is 2. The van der Waals surface area contributed by atoms with E-state index in [1.807, 2.05) is 0 Å². The first kappa shape index (κ1) is 24.1. The molecule has 0 aliphatic carbocycles. The molecular weight excluding hydrogens is 453 g/mol. The molecule has 0 aliphatic heterocycles. The number of amides is 1. The second-order valence-electron chi connectivity index (χ2n) is 8.17. The van der Waals surface area contributed by atoms with Gasteiger partial charge in [0.05, 0.1) is 29.2 Å². The third kappa shape index (κ3) is 6.04. The zero-order valence-electron chi connectivity index (χ0n) is 18.7. The predicted octanol–water partition coefficient (Wildman–Crippen LogP) is 4.93. The number of rotatable bonds is 5. The highest BCUT2D eigenvalue weighted by atomic mass is 35.5. The van der Waals surface area contributed by atoms with Crippen molar-refractivity contribution in [3.8, 4) is 11.3 Å². The van der Waals surface area contributed by atoms with Crippen molar-refractivity contribution in [2.45, 2.75) is 39.4 Å². The number of aryl methyl sites for hydroxylation is 1. The highest BCUT2D eigenvalue weighted by molar-refractivity contribution is 6.30. The number of nitrogens with one attached hydrogen (secondary N) is 1. The van der Waals surface area contributed by atoms with Crippen LogP contribution in [0.3, 0.4) is 0 Å². The number of aromatic nitrogens is 4. The van der Waals surface area contributed by atoms with Gasteiger partial charge in [0.15, 0.2) is 0 Å². The maximum Gasteiger partial charge on any atom is 0.413 e. The molecule has 174 valence electrons. The molecule has 3 aromatic rings.